The van der Waals surface area contributed by atoms with Crippen LogP contribution in [0.4, 0.5) is 16.0 Å². The second kappa shape index (κ2) is 6.58. The fourth-order valence-electron chi connectivity index (χ4n) is 3.11. The van der Waals surface area contributed by atoms with Crippen molar-refractivity contribution in [2.45, 2.75) is 12.8 Å². The molecule has 0 aliphatic carbocycles. The highest BCUT2D eigenvalue weighted by Gasteiger charge is 2.24. The number of nitrogens with two attached hydrogens (primary N) is 2. The van der Waals surface area contributed by atoms with E-state index < -0.39 is 5.91 Å². The molecule has 1 saturated heterocycles. The smallest absolute Gasteiger partial charge is 0.260 e. The number of carbonyl (C=O) groups excluding carboxylic acids is 2. The van der Waals surface area contributed by atoms with Crippen LogP contribution in [0.5, 0.6) is 0 Å². The normalized spacial score (nSPS) is 14.7. The summed E-state index contributed by atoms with van der Waals surface area (Å²) in [7, 11) is 0. The van der Waals surface area contributed by atoms with Crippen molar-refractivity contribution in [1.82, 2.24) is 9.97 Å². The molecule has 0 spiro atoms. The summed E-state index contributed by atoms with van der Waals surface area (Å²) in [6.07, 6.45) is 0.874. The SMILES string of the molecule is NC(=O)c1sc2nc(N3CCC(=O)CC3)nc(-c3ccc(F)cc3)c2c1N. The van der Waals surface area contributed by atoms with E-state index in [-0.39, 0.29) is 22.2 Å². The van der Waals surface area contributed by atoms with E-state index in [9.17, 15) is 14.0 Å². The molecular formula is C18H16FN5O2S. The molecule has 7 nitrogen and oxygen atoms in total. The number of aromatic nitrogens is 2. The van der Waals surface area contributed by atoms with E-state index >= 15 is 0 Å². The number of nitrogen functional groups attached to an aromatic ring is 1. The summed E-state index contributed by atoms with van der Waals surface area (Å²) in [4.78, 5) is 35.1. The molecule has 4 rings (SSSR count). The van der Waals surface area contributed by atoms with E-state index in [1.165, 1.54) is 12.1 Å². The first kappa shape index (κ1) is 17.3. The van der Waals surface area contributed by atoms with Crippen molar-refractivity contribution in [2.24, 2.45) is 5.73 Å². The Morgan fingerprint density at radius 2 is 1.81 bits per heavy atom. The number of nitrogens with zero attached hydrogens (tertiary/aromatic N) is 3. The van der Waals surface area contributed by atoms with Gasteiger partial charge in [-0.1, -0.05) is 0 Å². The molecule has 1 aromatic carbocycles. The van der Waals surface area contributed by atoms with E-state index in [4.69, 9.17) is 11.5 Å². The predicted molar refractivity (Wildman–Crippen MR) is 102 cm³/mol. The highest BCUT2D eigenvalue weighted by Crippen LogP contribution is 2.39. The molecule has 138 valence electrons. The minimum Gasteiger partial charge on any atom is -0.397 e. The molecule has 2 aromatic heterocycles. The number of primary amides is 1. The van der Waals surface area contributed by atoms with Crippen LogP contribution < -0.4 is 16.4 Å². The number of thiophene rings is 1. The van der Waals surface area contributed by atoms with E-state index in [1.54, 1.807) is 12.1 Å². The minimum absolute atomic E-state index is 0.211. The van der Waals surface area contributed by atoms with Crippen LogP contribution in [0.1, 0.15) is 22.5 Å². The zero-order chi connectivity index (χ0) is 19.1. The number of halogens is 1. The fourth-order valence-corrected chi connectivity index (χ4v) is 4.05. The number of rotatable bonds is 3. The Labute approximate surface area is 157 Å². The second-order valence-electron chi connectivity index (χ2n) is 6.29. The Balaban J connectivity index is 1.92. The van der Waals surface area contributed by atoms with Crippen molar-refractivity contribution in [3.8, 4) is 11.3 Å². The number of piperidine rings is 1. The van der Waals surface area contributed by atoms with Crippen LogP contribution in [0.3, 0.4) is 0 Å². The Kier molecular flexibility index (Phi) is 4.23. The van der Waals surface area contributed by atoms with Gasteiger partial charge in [-0.25, -0.2) is 14.4 Å². The van der Waals surface area contributed by atoms with Gasteiger partial charge in [0.05, 0.1) is 16.8 Å². The standard InChI is InChI=1S/C18H16FN5O2S/c19-10-3-1-9(2-4-10)14-12-13(20)15(16(21)26)27-17(12)23-18(22-14)24-7-5-11(25)6-8-24/h1-4H,5-8,20H2,(H2,21,26). The summed E-state index contributed by atoms with van der Waals surface area (Å²) in [5, 5.41) is 0.525. The highest BCUT2D eigenvalue weighted by atomic mass is 32.1. The van der Waals surface area contributed by atoms with Gasteiger partial charge in [0.1, 0.15) is 21.3 Å². The first-order chi connectivity index (χ1) is 12.9. The molecule has 0 atom stereocenters. The van der Waals surface area contributed by atoms with Crippen LogP contribution in [0, 0.1) is 5.82 Å². The third kappa shape index (κ3) is 3.10. The molecule has 0 saturated carbocycles. The van der Waals surface area contributed by atoms with Gasteiger partial charge >= 0.3 is 0 Å². The Hall–Kier alpha value is -3.07. The van der Waals surface area contributed by atoms with E-state index in [2.05, 4.69) is 9.97 Å². The Morgan fingerprint density at radius 3 is 2.44 bits per heavy atom. The van der Waals surface area contributed by atoms with E-state index in [1.807, 2.05) is 4.90 Å². The third-order valence-corrected chi connectivity index (χ3v) is 5.64. The zero-order valence-corrected chi connectivity index (χ0v) is 15.1. The third-order valence-electron chi connectivity index (χ3n) is 4.52. The van der Waals surface area contributed by atoms with Crippen LogP contribution in [0.15, 0.2) is 24.3 Å². The molecule has 1 aliphatic heterocycles. The molecular weight excluding hydrogens is 369 g/mol. The van der Waals surface area contributed by atoms with Gasteiger partial charge in [0.2, 0.25) is 5.95 Å². The van der Waals surface area contributed by atoms with Crippen molar-refractivity contribution in [1.29, 1.82) is 0 Å². The maximum Gasteiger partial charge on any atom is 0.260 e. The minimum atomic E-state index is -0.634. The largest absolute Gasteiger partial charge is 0.397 e. The summed E-state index contributed by atoms with van der Waals surface area (Å²) in [6, 6.07) is 5.86. The van der Waals surface area contributed by atoms with Gasteiger partial charge in [-0.2, -0.15) is 0 Å². The van der Waals surface area contributed by atoms with Crippen molar-refractivity contribution < 1.29 is 14.0 Å². The second-order valence-corrected chi connectivity index (χ2v) is 7.29. The number of hydrogen-bond acceptors (Lipinski definition) is 7. The van der Waals surface area contributed by atoms with Gasteiger partial charge in [0, 0.05) is 31.5 Å². The lowest BCUT2D eigenvalue weighted by molar-refractivity contribution is -0.119. The Bertz CT molecular complexity index is 1050. The number of Topliss-reactive ketones (excluding diaryl/α,β-unsaturated/α-hetero) is 1. The maximum atomic E-state index is 13.4. The quantitative estimate of drug-likeness (QED) is 0.715. The maximum absolute atomic E-state index is 13.4. The average molecular weight is 385 g/mol. The molecule has 1 amide bonds. The number of benzene rings is 1. The van der Waals surface area contributed by atoms with Crippen molar-refractivity contribution in [3.05, 3.63) is 35.0 Å². The lowest BCUT2D eigenvalue weighted by Gasteiger charge is -2.26. The molecule has 9 heteroatoms. The molecule has 27 heavy (non-hydrogen) atoms. The van der Waals surface area contributed by atoms with Crippen LogP contribution in [-0.4, -0.2) is 34.7 Å². The number of carbonyl (C=O) groups is 2. The zero-order valence-electron chi connectivity index (χ0n) is 14.2. The number of amides is 1. The monoisotopic (exact) mass is 385 g/mol. The van der Waals surface area contributed by atoms with Crippen molar-refractivity contribution in [2.75, 3.05) is 23.7 Å². The van der Waals surface area contributed by atoms with Gasteiger partial charge in [-0.15, -0.1) is 11.3 Å². The van der Waals surface area contributed by atoms with Gasteiger partial charge in [0.25, 0.3) is 5.91 Å². The van der Waals surface area contributed by atoms with Gasteiger partial charge < -0.3 is 16.4 Å². The summed E-state index contributed by atoms with van der Waals surface area (Å²) < 4.78 is 13.4. The summed E-state index contributed by atoms with van der Waals surface area (Å²) >= 11 is 1.10. The summed E-state index contributed by atoms with van der Waals surface area (Å²) in [6.45, 7) is 1.05. The topological polar surface area (TPSA) is 115 Å². The van der Waals surface area contributed by atoms with Crippen molar-refractivity contribution >= 4 is 44.9 Å². The molecule has 0 bridgehead atoms. The summed E-state index contributed by atoms with van der Waals surface area (Å²) in [5.41, 5.74) is 13.0. The predicted octanol–water partition coefficient (Wildman–Crippen LogP) is 2.35. The van der Waals surface area contributed by atoms with Crippen LogP contribution in [0.2, 0.25) is 0 Å². The van der Waals surface area contributed by atoms with Crippen LogP contribution >= 0.6 is 11.3 Å². The number of anilines is 2. The first-order valence-electron chi connectivity index (χ1n) is 8.36. The number of fused-ring (bicyclic) bond motifs is 1. The average Bonchev–Trinajstić information content (AvgIpc) is 2.99. The van der Waals surface area contributed by atoms with Crippen LogP contribution in [-0.2, 0) is 4.79 Å². The van der Waals surface area contributed by atoms with E-state index in [0.717, 1.165) is 11.3 Å². The fraction of sp³-hybridized carbons (Fsp3) is 0.222. The molecule has 0 unspecified atom stereocenters. The van der Waals surface area contributed by atoms with Crippen LogP contribution in [0.25, 0.3) is 21.5 Å². The molecule has 3 aromatic rings. The van der Waals surface area contributed by atoms with Gasteiger partial charge in [0.15, 0.2) is 0 Å². The first-order valence-corrected chi connectivity index (χ1v) is 9.18. The molecule has 4 N–H and O–H groups in total. The molecule has 1 fully saturated rings. The molecule has 1 aliphatic rings. The van der Waals surface area contributed by atoms with Gasteiger partial charge in [-0.05, 0) is 24.3 Å². The lowest BCUT2D eigenvalue weighted by atomic mass is 10.1. The summed E-state index contributed by atoms with van der Waals surface area (Å²) in [5.74, 6) is -0.338. The number of hydrogen-bond donors (Lipinski definition) is 2. The van der Waals surface area contributed by atoms with E-state index in [0.29, 0.717) is 53.4 Å². The van der Waals surface area contributed by atoms with Crippen molar-refractivity contribution in [3.63, 3.8) is 0 Å². The van der Waals surface area contributed by atoms with Gasteiger partial charge in [-0.3, -0.25) is 9.59 Å². The number of ketones is 1. The highest BCUT2D eigenvalue weighted by molar-refractivity contribution is 7.21. The lowest BCUT2D eigenvalue weighted by Crippen LogP contribution is -2.35. The molecule has 3 heterocycles. The molecule has 0 radical (unpaired) electrons. The Morgan fingerprint density at radius 1 is 1.15 bits per heavy atom.